The predicted octanol–water partition coefficient (Wildman–Crippen LogP) is 3.70. The summed E-state index contributed by atoms with van der Waals surface area (Å²) in [6.07, 6.45) is 2.48. The van der Waals surface area contributed by atoms with Crippen LogP contribution in [-0.2, 0) is 0 Å². The Morgan fingerprint density at radius 1 is 1.32 bits per heavy atom. The van der Waals surface area contributed by atoms with E-state index < -0.39 is 6.09 Å². The van der Waals surface area contributed by atoms with E-state index in [0.717, 1.165) is 18.7 Å². The first kappa shape index (κ1) is 19.7. The van der Waals surface area contributed by atoms with Gasteiger partial charge in [-0.2, -0.15) is 0 Å². The van der Waals surface area contributed by atoms with E-state index in [0.29, 0.717) is 43.3 Å². The summed E-state index contributed by atoms with van der Waals surface area (Å²) in [4.78, 5) is 20.5. The van der Waals surface area contributed by atoms with Gasteiger partial charge in [0.25, 0.3) is 0 Å². The van der Waals surface area contributed by atoms with Gasteiger partial charge in [-0.1, -0.05) is 6.92 Å². The fraction of sp³-hybridized carbons (Fsp3) is 0.421. The number of hydrogen-bond donors (Lipinski definition) is 3. The monoisotopic (exact) mass is 389 g/mol. The van der Waals surface area contributed by atoms with Crippen molar-refractivity contribution in [3.63, 3.8) is 0 Å². The smallest absolute Gasteiger partial charge is 0.407 e. The van der Waals surface area contributed by atoms with Crippen LogP contribution < -0.4 is 15.4 Å². The average molecular weight is 389 g/mol. The summed E-state index contributed by atoms with van der Waals surface area (Å²) in [5, 5.41) is 15.1. The molecule has 0 radical (unpaired) electrons. The van der Waals surface area contributed by atoms with E-state index in [4.69, 9.17) is 9.84 Å². The maximum atomic E-state index is 14.3. The third kappa shape index (κ3) is 5.21. The third-order valence-electron chi connectivity index (χ3n) is 4.45. The third-order valence-corrected chi connectivity index (χ3v) is 4.45. The Hall–Kier alpha value is -3.10. The molecule has 0 aliphatic carbocycles. The molecule has 1 saturated heterocycles. The molecule has 3 N–H and O–H groups in total. The molecule has 1 amide bonds. The van der Waals surface area contributed by atoms with Crippen LogP contribution >= 0.6 is 0 Å². The number of amides is 1. The number of halogens is 1. The number of hydrogen-bond acceptors (Lipinski definition) is 6. The van der Waals surface area contributed by atoms with E-state index in [-0.39, 0.29) is 11.9 Å². The molecule has 2 aromatic rings. The molecule has 2 heterocycles. The van der Waals surface area contributed by atoms with Crippen LogP contribution in [0.2, 0.25) is 0 Å². The van der Waals surface area contributed by atoms with Crippen molar-refractivity contribution >= 4 is 23.3 Å². The highest BCUT2D eigenvalue weighted by Gasteiger charge is 2.23. The number of piperidine rings is 1. The number of anilines is 3. The molecular weight excluding hydrogens is 365 g/mol. The fourth-order valence-corrected chi connectivity index (χ4v) is 2.94. The lowest BCUT2D eigenvalue weighted by Crippen LogP contribution is -2.41. The van der Waals surface area contributed by atoms with Gasteiger partial charge in [-0.3, -0.25) is 0 Å². The quantitative estimate of drug-likeness (QED) is 0.664. The van der Waals surface area contributed by atoms with Crippen molar-refractivity contribution in [2.45, 2.75) is 32.3 Å². The minimum atomic E-state index is -0.912. The normalized spacial score (nSPS) is 14.6. The largest absolute Gasteiger partial charge is 0.474 e. The fourth-order valence-electron chi connectivity index (χ4n) is 2.94. The molecule has 0 saturated carbocycles. The zero-order valence-corrected chi connectivity index (χ0v) is 15.7. The molecule has 0 spiro atoms. The van der Waals surface area contributed by atoms with E-state index in [1.807, 2.05) is 6.92 Å². The maximum Gasteiger partial charge on any atom is 0.407 e. The first-order chi connectivity index (χ1) is 13.5. The Labute approximate surface area is 162 Å². The first-order valence-corrected chi connectivity index (χ1v) is 9.32. The number of benzene rings is 1. The molecule has 28 heavy (non-hydrogen) atoms. The lowest BCUT2D eigenvalue weighted by molar-refractivity contribution is 0.0870. The van der Waals surface area contributed by atoms with Crippen molar-refractivity contribution in [2.75, 3.05) is 30.3 Å². The predicted molar refractivity (Wildman–Crippen MR) is 104 cm³/mol. The van der Waals surface area contributed by atoms with Crippen LogP contribution in [0, 0.1) is 5.82 Å². The number of rotatable bonds is 7. The van der Waals surface area contributed by atoms with E-state index in [1.165, 1.54) is 17.3 Å². The molecule has 8 nitrogen and oxygen atoms in total. The Bertz CT molecular complexity index is 812. The molecule has 0 bridgehead atoms. The van der Waals surface area contributed by atoms with Crippen molar-refractivity contribution in [1.29, 1.82) is 0 Å². The summed E-state index contributed by atoms with van der Waals surface area (Å²) in [5.74, 6) is 0.400. The molecule has 150 valence electrons. The van der Waals surface area contributed by atoms with Gasteiger partial charge in [0.15, 0.2) is 0 Å². The average Bonchev–Trinajstić information content (AvgIpc) is 2.69. The van der Waals surface area contributed by atoms with Crippen molar-refractivity contribution in [1.82, 2.24) is 14.9 Å². The second-order valence-electron chi connectivity index (χ2n) is 6.57. The summed E-state index contributed by atoms with van der Waals surface area (Å²) in [6.45, 7) is 3.69. The van der Waals surface area contributed by atoms with Crippen LogP contribution in [0.25, 0.3) is 0 Å². The summed E-state index contributed by atoms with van der Waals surface area (Å²) in [7, 11) is 0. The molecule has 0 unspecified atom stereocenters. The second kappa shape index (κ2) is 9.20. The van der Waals surface area contributed by atoms with Crippen molar-refractivity contribution in [3.05, 3.63) is 36.4 Å². The van der Waals surface area contributed by atoms with Gasteiger partial charge in [-0.05, 0) is 24.6 Å². The molecule has 1 aromatic heterocycles. The Balaban J connectivity index is 1.60. The number of nitrogens with one attached hydrogen (secondary N) is 2. The lowest BCUT2D eigenvalue weighted by Gasteiger charge is -2.29. The standard InChI is InChI=1S/C19H24FN5O3/c1-2-7-21-13-3-4-16(15(20)10-13)24-17-11-18(23-12-22-17)28-14-5-8-25(9-6-14)19(26)27/h3-4,10-12,14,21H,2,5-9H2,1H3,(H,26,27)(H,22,23,24). The SMILES string of the molecule is CCCNc1ccc(Nc2cc(OC3CCN(C(=O)O)CC3)ncn2)c(F)c1. The Kier molecular flexibility index (Phi) is 6.46. The van der Waals surface area contributed by atoms with Crippen LogP contribution in [0.4, 0.5) is 26.4 Å². The molecule has 1 aliphatic heterocycles. The minimum Gasteiger partial charge on any atom is -0.474 e. The van der Waals surface area contributed by atoms with E-state index >= 15 is 0 Å². The van der Waals surface area contributed by atoms with Gasteiger partial charge in [0.1, 0.15) is 24.1 Å². The summed E-state index contributed by atoms with van der Waals surface area (Å²) in [5.41, 5.74) is 1.03. The topological polar surface area (TPSA) is 99.6 Å². The van der Waals surface area contributed by atoms with Gasteiger partial charge >= 0.3 is 6.09 Å². The number of ether oxygens (including phenoxy) is 1. The highest BCUT2D eigenvalue weighted by Crippen LogP contribution is 2.24. The number of carboxylic acid groups (broad SMARTS) is 1. The second-order valence-corrected chi connectivity index (χ2v) is 6.57. The summed E-state index contributed by atoms with van der Waals surface area (Å²) in [6, 6.07) is 6.49. The van der Waals surface area contributed by atoms with Gasteiger partial charge in [0.2, 0.25) is 5.88 Å². The number of likely N-dealkylation sites (tertiary alicyclic amines) is 1. The zero-order valence-electron chi connectivity index (χ0n) is 15.7. The number of aromatic nitrogens is 2. The van der Waals surface area contributed by atoms with E-state index in [1.54, 1.807) is 18.2 Å². The molecule has 1 fully saturated rings. The summed E-state index contributed by atoms with van der Waals surface area (Å²) < 4.78 is 20.1. The molecule has 1 aliphatic rings. The van der Waals surface area contributed by atoms with Crippen LogP contribution in [0.1, 0.15) is 26.2 Å². The molecule has 3 rings (SSSR count). The van der Waals surface area contributed by atoms with Gasteiger partial charge in [-0.15, -0.1) is 0 Å². The molecular formula is C19H24FN5O3. The first-order valence-electron chi connectivity index (χ1n) is 9.32. The number of nitrogens with zero attached hydrogens (tertiary/aromatic N) is 3. The van der Waals surface area contributed by atoms with Crippen LogP contribution in [0.3, 0.4) is 0 Å². The maximum absolute atomic E-state index is 14.3. The van der Waals surface area contributed by atoms with Gasteiger partial charge in [0.05, 0.1) is 5.69 Å². The van der Waals surface area contributed by atoms with Crippen molar-refractivity contribution in [2.24, 2.45) is 0 Å². The Morgan fingerprint density at radius 3 is 2.79 bits per heavy atom. The van der Waals surface area contributed by atoms with Gasteiger partial charge in [-0.25, -0.2) is 19.2 Å². The zero-order chi connectivity index (χ0) is 19.9. The molecule has 1 aromatic carbocycles. The molecule has 0 atom stereocenters. The van der Waals surface area contributed by atoms with Gasteiger partial charge in [0, 0.05) is 44.2 Å². The van der Waals surface area contributed by atoms with E-state index in [2.05, 4.69) is 20.6 Å². The highest BCUT2D eigenvalue weighted by molar-refractivity contribution is 5.65. The van der Waals surface area contributed by atoms with Crippen molar-refractivity contribution in [3.8, 4) is 5.88 Å². The highest BCUT2D eigenvalue weighted by atomic mass is 19.1. The molecule has 9 heteroatoms. The number of carbonyl (C=O) groups is 1. The lowest BCUT2D eigenvalue weighted by atomic mass is 10.1. The van der Waals surface area contributed by atoms with Crippen LogP contribution in [-0.4, -0.2) is 51.8 Å². The van der Waals surface area contributed by atoms with Gasteiger partial charge < -0.3 is 25.4 Å². The van der Waals surface area contributed by atoms with E-state index in [9.17, 15) is 9.18 Å². The minimum absolute atomic E-state index is 0.112. The van der Waals surface area contributed by atoms with Crippen molar-refractivity contribution < 1.29 is 19.0 Å². The summed E-state index contributed by atoms with van der Waals surface area (Å²) >= 11 is 0. The Morgan fingerprint density at radius 2 is 2.11 bits per heavy atom. The van der Waals surface area contributed by atoms with Crippen LogP contribution in [0.5, 0.6) is 5.88 Å². The van der Waals surface area contributed by atoms with Crippen LogP contribution in [0.15, 0.2) is 30.6 Å².